The number of hydrogen-bond donors (Lipinski definition) is 0. The maximum atomic E-state index is 12.9. The Balaban J connectivity index is 4.06. The molecule has 0 amide bonds. The third kappa shape index (κ3) is 61.3. The van der Waals surface area contributed by atoms with E-state index in [1.165, 1.54) is 302 Å². The summed E-state index contributed by atoms with van der Waals surface area (Å²) in [5.41, 5.74) is 0. The smallest absolute Gasteiger partial charge is 0.306 e. The van der Waals surface area contributed by atoms with Gasteiger partial charge in [-0.15, -0.1) is 0 Å². The maximum Gasteiger partial charge on any atom is 0.306 e. The van der Waals surface area contributed by atoms with Crippen LogP contribution in [0, 0.1) is 0 Å². The number of unbranched alkanes of at least 4 members (excludes halogenated alkanes) is 53. The maximum absolute atomic E-state index is 12.9. The molecule has 0 aliphatic rings. The molecule has 0 aromatic carbocycles. The monoisotopic (exact) mass is 1050 g/mol. The van der Waals surface area contributed by atoms with E-state index in [1.807, 2.05) is 0 Å². The standard InChI is InChI=1S/C68H132O6/c1-4-7-10-13-16-19-22-24-26-28-29-30-31-32-33-34-35-36-37-38-39-41-42-44-46-49-52-55-58-61-67(70)73-64-65(63-72-66(69)60-57-54-51-48-21-18-15-12-9-6-3)74-68(71)62-59-56-53-50-47-45-43-40-27-25-23-20-17-14-11-8-5-2/h65H,4-64H2,1-3H3. The molecule has 74 heavy (non-hydrogen) atoms. The SMILES string of the molecule is CCCCCCCCCCCCCCCCCCCCCCCCCCCCCCCC(=O)OCC(COC(=O)CCCCCCCCCCCC)OC(=O)CCCCCCCCCCCCCCCCCCC. The highest BCUT2D eigenvalue weighted by molar-refractivity contribution is 5.71. The predicted octanol–water partition coefficient (Wildman–Crippen LogP) is 23.1. The van der Waals surface area contributed by atoms with Crippen LogP contribution in [0.15, 0.2) is 0 Å². The first-order valence-electron chi connectivity index (χ1n) is 34.0. The summed E-state index contributed by atoms with van der Waals surface area (Å²) in [5, 5.41) is 0. The van der Waals surface area contributed by atoms with E-state index in [0.29, 0.717) is 19.3 Å². The van der Waals surface area contributed by atoms with Crippen molar-refractivity contribution in [1.29, 1.82) is 0 Å². The first-order valence-corrected chi connectivity index (χ1v) is 34.0. The van der Waals surface area contributed by atoms with Gasteiger partial charge in [0.15, 0.2) is 6.10 Å². The first-order chi connectivity index (χ1) is 36.5. The lowest BCUT2D eigenvalue weighted by Crippen LogP contribution is -2.30. The summed E-state index contributed by atoms with van der Waals surface area (Å²) >= 11 is 0. The molecule has 0 saturated carbocycles. The minimum Gasteiger partial charge on any atom is -0.462 e. The van der Waals surface area contributed by atoms with Crippen molar-refractivity contribution in [2.24, 2.45) is 0 Å². The lowest BCUT2D eigenvalue weighted by Gasteiger charge is -2.18. The van der Waals surface area contributed by atoms with Crippen LogP contribution in [0.4, 0.5) is 0 Å². The average molecular weight is 1050 g/mol. The molecule has 1 atom stereocenters. The van der Waals surface area contributed by atoms with E-state index in [2.05, 4.69) is 20.8 Å². The fourth-order valence-corrected chi connectivity index (χ4v) is 10.7. The summed E-state index contributed by atoms with van der Waals surface area (Å²) in [7, 11) is 0. The second-order valence-corrected chi connectivity index (χ2v) is 23.5. The van der Waals surface area contributed by atoms with E-state index in [4.69, 9.17) is 14.2 Å². The summed E-state index contributed by atoms with van der Waals surface area (Å²) in [5.74, 6) is -0.828. The van der Waals surface area contributed by atoms with Gasteiger partial charge >= 0.3 is 17.9 Å². The molecule has 0 aliphatic carbocycles. The Bertz CT molecular complexity index is 1110. The van der Waals surface area contributed by atoms with Crippen LogP contribution in [0.2, 0.25) is 0 Å². The predicted molar refractivity (Wildman–Crippen MR) is 321 cm³/mol. The molecule has 0 bridgehead atoms. The Morgan fingerprint density at radius 2 is 0.365 bits per heavy atom. The Morgan fingerprint density at radius 3 is 0.541 bits per heavy atom. The number of esters is 3. The molecule has 440 valence electrons. The van der Waals surface area contributed by atoms with E-state index in [-0.39, 0.29) is 31.1 Å². The molecule has 0 saturated heterocycles. The van der Waals surface area contributed by atoms with Crippen molar-refractivity contribution in [3.8, 4) is 0 Å². The normalized spacial score (nSPS) is 11.9. The fourth-order valence-electron chi connectivity index (χ4n) is 10.7. The second-order valence-electron chi connectivity index (χ2n) is 23.5. The van der Waals surface area contributed by atoms with E-state index < -0.39 is 6.10 Å². The third-order valence-corrected chi connectivity index (χ3v) is 15.9. The highest BCUT2D eigenvalue weighted by Crippen LogP contribution is 2.19. The molecule has 0 aliphatic heterocycles. The molecule has 0 heterocycles. The van der Waals surface area contributed by atoms with Gasteiger partial charge in [-0.1, -0.05) is 361 Å². The topological polar surface area (TPSA) is 78.9 Å². The van der Waals surface area contributed by atoms with Gasteiger partial charge in [0.1, 0.15) is 13.2 Å². The fraction of sp³-hybridized carbons (Fsp3) is 0.956. The highest BCUT2D eigenvalue weighted by atomic mass is 16.6. The zero-order valence-corrected chi connectivity index (χ0v) is 50.7. The third-order valence-electron chi connectivity index (χ3n) is 15.9. The van der Waals surface area contributed by atoms with Crippen LogP contribution in [-0.2, 0) is 28.6 Å². The van der Waals surface area contributed by atoms with Gasteiger partial charge in [-0.05, 0) is 19.3 Å². The quantitative estimate of drug-likeness (QED) is 0.0343. The molecule has 0 aromatic rings. The number of ether oxygens (including phenoxy) is 3. The van der Waals surface area contributed by atoms with Crippen molar-refractivity contribution in [3.05, 3.63) is 0 Å². The largest absolute Gasteiger partial charge is 0.462 e. The van der Waals surface area contributed by atoms with Crippen LogP contribution in [0.25, 0.3) is 0 Å². The van der Waals surface area contributed by atoms with Crippen LogP contribution >= 0.6 is 0 Å². The van der Waals surface area contributed by atoms with Gasteiger partial charge in [0.05, 0.1) is 0 Å². The van der Waals surface area contributed by atoms with Crippen molar-refractivity contribution in [1.82, 2.24) is 0 Å². The van der Waals surface area contributed by atoms with Gasteiger partial charge in [0.2, 0.25) is 0 Å². The second kappa shape index (κ2) is 63.9. The number of carbonyl (C=O) groups is 3. The van der Waals surface area contributed by atoms with Crippen molar-refractivity contribution in [3.63, 3.8) is 0 Å². The lowest BCUT2D eigenvalue weighted by molar-refractivity contribution is -0.167. The number of rotatable bonds is 64. The molecule has 0 rings (SSSR count). The number of hydrogen-bond acceptors (Lipinski definition) is 6. The summed E-state index contributed by atoms with van der Waals surface area (Å²) in [6.45, 7) is 6.72. The Kier molecular flexibility index (Phi) is 62.6. The van der Waals surface area contributed by atoms with E-state index >= 15 is 0 Å². The summed E-state index contributed by atoms with van der Waals surface area (Å²) < 4.78 is 16.9. The zero-order valence-electron chi connectivity index (χ0n) is 50.7. The summed E-state index contributed by atoms with van der Waals surface area (Å²) in [6.07, 6.45) is 74.3. The summed E-state index contributed by atoms with van der Waals surface area (Å²) in [4.78, 5) is 38.2. The molecule has 0 fully saturated rings. The summed E-state index contributed by atoms with van der Waals surface area (Å²) in [6, 6.07) is 0. The minimum atomic E-state index is -0.762. The van der Waals surface area contributed by atoms with Gasteiger partial charge in [-0.3, -0.25) is 14.4 Å². The first kappa shape index (κ1) is 72.4. The van der Waals surface area contributed by atoms with Gasteiger partial charge in [0.25, 0.3) is 0 Å². The molecule has 6 heteroatoms. The van der Waals surface area contributed by atoms with Crippen LogP contribution in [0.5, 0.6) is 0 Å². The highest BCUT2D eigenvalue weighted by Gasteiger charge is 2.19. The van der Waals surface area contributed by atoms with Crippen molar-refractivity contribution in [2.45, 2.75) is 406 Å². The van der Waals surface area contributed by atoms with Gasteiger partial charge in [-0.2, -0.15) is 0 Å². The minimum absolute atomic E-state index is 0.0608. The lowest BCUT2D eigenvalue weighted by atomic mass is 10.0. The van der Waals surface area contributed by atoms with Gasteiger partial charge in [0, 0.05) is 19.3 Å². The Labute approximate surface area is 463 Å². The van der Waals surface area contributed by atoms with E-state index in [0.717, 1.165) is 57.8 Å². The van der Waals surface area contributed by atoms with E-state index in [1.54, 1.807) is 0 Å². The molecule has 0 N–H and O–H groups in total. The Hall–Kier alpha value is -1.59. The van der Waals surface area contributed by atoms with Crippen LogP contribution in [0.1, 0.15) is 400 Å². The molecule has 0 aromatic heterocycles. The molecular weight excluding hydrogens is 913 g/mol. The van der Waals surface area contributed by atoms with Crippen molar-refractivity contribution < 1.29 is 28.6 Å². The zero-order chi connectivity index (χ0) is 53.6. The molecule has 0 radical (unpaired) electrons. The van der Waals surface area contributed by atoms with Crippen molar-refractivity contribution in [2.75, 3.05) is 13.2 Å². The van der Waals surface area contributed by atoms with Gasteiger partial charge in [-0.25, -0.2) is 0 Å². The van der Waals surface area contributed by atoms with Crippen LogP contribution in [-0.4, -0.2) is 37.2 Å². The molecular formula is C68H132O6. The molecule has 6 nitrogen and oxygen atoms in total. The van der Waals surface area contributed by atoms with Crippen LogP contribution in [0.3, 0.4) is 0 Å². The van der Waals surface area contributed by atoms with Crippen LogP contribution < -0.4 is 0 Å². The molecule has 1 unspecified atom stereocenters. The van der Waals surface area contributed by atoms with Gasteiger partial charge < -0.3 is 14.2 Å². The Morgan fingerprint density at radius 1 is 0.216 bits per heavy atom. The van der Waals surface area contributed by atoms with E-state index in [9.17, 15) is 14.4 Å². The molecule has 0 spiro atoms. The van der Waals surface area contributed by atoms with Crippen molar-refractivity contribution >= 4 is 17.9 Å². The number of carbonyl (C=O) groups excluding carboxylic acids is 3. The average Bonchev–Trinajstić information content (AvgIpc) is 3.40.